The summed E-state index contributed by atoms with van der Waals surface area (Å²) in [5, 5.41) is 3.08. The molecule has 1 aromatic carbocycles. The predicted octanol–water partition coefficient (Wildman–Crippen LogP) is 2.64. The second-order valence-corrected chi connectivity index (χ2v) is 8.70. The molecule has 0 spiro atoms. The highest BCUT2D eigenvalue weighted by Crippen LogP contribution is 2.39. The van der Waals surface area contributed by atoms with Crippen LogP contribution in [0.4, 0.5) is 5.95 Å². The van der Waals surface area contributed by atoms with E-state index in [9.17, 15) is 9.59 Å². The van der Waals surface area contributed by atoms with Gasteiger partial charge in [0.05, 0.1) is 0 Å². The molecule has 170 valence electrons. The van der Waals surface area contributed by atoms with Gasteiger partial charge in [-0.05, 0) is 30.9 Å². The van der Waals surface area contributed by atoms with Crippen LogP contribution in [-0.4, -0.2) is 39.6 Å². The number of hydrogen-bond acceptors (Lipinski definition) is 6. The van der Waals surface area contributed by atoms with Crippen molar-refractivity contribution in [3.8, 4) is 5.75 Å². The lowest BCUT2D eigenvalue weighted by molar-refractivity contribution is 0.0925. The van der Waals surface area contributed by atoms with Gasteiger partial charge in [0, 0.05) is 56.3 Å². The van der Waals surface area contributed by atoms with Gasteiger partial charge < -0.3 is 19.5 Å². The maximum atomic E-state index is 13.2. The number of rotatable bonds is 7. The highest BCUT2D eigenvalue weighted by Gasteiger charge is 2.30. The Balaban J connectivity index is 1.28. The van der Waals surface area contributed by atoms with Crippen LogP contribution in [0.5, 0.6) is 5.75 Å². The zero-order valence-electron chi connectivity index (χ0n) is 18.6. The van der Waals surface area contributed by atoms with E-state index in [1.54, 1.807) is 17.8 Å². The molecule has 1 atom stereocenters. The second kappa shape index (κ2) is 9.05. The number of nitrogens with zero attached hydrogens (tertiary/aromatic N) is 4. The topological polar surface area (TPSA) is 89.4 Å². The molecule has 1 saturated heterocycles. The first-order valence-electron chi connectivity index (χ1n) is 11.3. The molecule has 2 aromatic heterocycles. The Bertz CT molecular complexity index is 1210. The molecule has 2 aliphatic rings. The van der Waals surface area contributed by atoms with E-state index in [0.29, 0.717) is 12.5 Å². The number of aryl methyl sites for hydroxylation is 1. The van der Waals surface area contributed by atoms with E-state index in [2.05, 4.69) is 15.2 Å². The van der Waals surface area contributed by atoms with Crippen LogP contribution in [-0.2, 0) is 13.7 Å². The van der Waals surface area contributed by atoms with Crippen LogP contribution < -0.4 is 20.4 Å². The lowest BCUT2D eigenvalue weighted by Gasteiger charge is -2.19. The molecule has 8 heteroatoms. The maximum Gasteiger partial charge on any atom is 0.272 e. The average Bonchev–Trinajstić information content (AvgIpc) is 3.59. The van der Waals surface area contributed by atoms with Crippen LogP contribution in [0.15, 0.2) is 59.7 Å². The quantitative estimate of drug-likeness (QED) is 0.601. The van der Waals surface area contributed by atoms with Crippen molar-refractivity contribution in [1.29, 1.82) is 0 Å². The minimum absolute atomic E-state index is 0.0664. The first kappa shape index (κ1) is 21.2. The SMILES string of the molecule is Cn1ccc(=O)c(OCc2ccccc2)c1C(=O)NC1CCN(c2nccc(C3CC3)n2)C1. The molecule has 1 aliphatic carbocycles. The Morgan fingerprint density at radius 2 is 1.97 bits per heavy atom. The van der Waals surface area contributed by atoms with Crippen molar-refractivity contribution in [3.63, 3.8) is 0 Å². The second-order valence-electron chi connectivity index (χ2n) is 8.70. The van der Waals surface area contributed by atoms with E-state index in [1.165, 1.54) is 18.9 Å². The van der Waals surface area contributed by atoms with E-state index in [-0.39, 0.29) is 35.4 Å². The molecular weight excluding hydrogens is 418 g/mol. The molecule has 1 unspecified atom stereocenters. The van der Waals surface area contributed by atoms with Crippen molar-refractivity contribution in [2.24, 2.45) is 7.05 Å². The van der Waals surface area contributed by atoms with E-state index < -0.39 is 0 Å². The normalized spacial score (nSPS) is 17.7. The molecular formula is C25H27N5O3. The molecule has 1 amide bonds. The lowest BCUT2D eigenvalue weighted by atomic mass is 10.2. The van der Waals surface area contributed by atoms with Gasteiger partial charge in [-0.3, -0.25) is 9.59 Å². The predicted molar refractivity (Wildman–Crippen MR) is 125 cm³/mol. The van der Waals surface area contributed by atoms with Crippen molar-refractivity contribution in [1.82, 2.24) is 19.9 Å². The fourth-order valence-electron chi connectivity index (χ4n) is 4.17. The minimum Gasteiger partial charge on any atom is -0.483 e. The standard InChI is InChI=1S/C25H27N5O3/c1-29-13-11-21(31)23(33-16-17-5-3-2-4-6-17)22(29)24(32)27-19-10-14-30(15-19)25-26-12-9-20(28-25)18-7-8-18/h2-6,9,11-13,18-19H,7-8,10,14-16H2,1H3,(H,27,32). The number of carbonyl (C=O) groups is 1. The van der Waals surface area contributed by atoms with Crippen LogP contribution in [0.2, 0.25) is 0 Å². The van der Waals surface area contributed by atoms with Gasteiger partial charge in [0.1, 0.15) is 6.61 Å². The van der Waals surface area contributed by atoms with E-state index in [1.807, 2.05) is 42.6 Å². The third-order valence-corrected chi connectivity index (χ3v) is 6.15. The number of aromatic nitrogens is 3. The van der Waals surface area contributed by atoms with Crippen molar-refractivity contribution in [2.45, 2.75) is 37.8 Å². The van der Waals surface area contributed by atoms with E-state index in [4.69, 9.17) is 9.72 Å². The van der Waals surface area contributed by atoms with Crippen molar-refractivity contribution in [3.05, 3.63) is 82.0 Å². The van der Waals surface area contributed by atoms with E-state index >= 15 is 0 Å². The largest absolute Gasteiger partial charge is 0.483 e. The maximum absolute atomic E-state index is 13.2. The average molecular weight is 446 g/mol. The number of benzene rings is 1. The highest BCUT2D eigenvalue weighted by molar-refractivity contribution is 5.95. The van der Waals surface area contributed by atoms with Crippen LogP contribution in [0.25, 0.3) is 0 Å². The number of amides is 1. The molecule has 2 fully saturated rings. The summed E-state index contributed by atoms with van der Waals surface area (Å²) in [6.07, 6.45) is 6.58. The van der Waals surface area contributed by atoms with Gasteiger partial charge in [0.25, 0.3) is 5.91 Å². The van der Waals surface area contributed by atoms with Gasteiger partial charge in [0.2, 0.25) is 11.4 Å². The van der Waals surface area contributed by atoms with Gasteiger partial charge in [0.15, 0.2) is 11.4 Å². The van der Waals surface area contributed by atoms with Crippen molar-refractivity contribution < 1.29 is 9.53 Å². The molecule has 8 nitrogen and oxygen atoms in total. The number of ether oxygens (including phenoxy) is 1. The summed E-state index contributed by atoms with van der Waals surface area (Å²) in [5.41, 5.74) is 1.94. The summed E-state index contributed by atoms with van der Waals surface area (Å²) in [5.74, 6) is 1.03. The minimum atomic E-state index is -0.322. The van der Waals surface area contributed by atoms with Gasteiger partial charge in [-0.1, -0.05) is 30.3 Å². The Morgan fingerprint density at radius 3 is 2.76 bits per heavy atom. The molecule has 33 heavy (non-hydrogen) atoms. The molecule has 1 N–H and O–H groups in total. The lowest BCUT2D eigenvalue weighted by Crippen LogP contribution is -2.39. The summed E-state index contributed by atoms with van der Waals surface area (Å²) >= 11 is 0. The third-order valence-electron chi connectivity index (χ3n) is 6.15. The fourth-order valence-corrected chi connectivity index (χ4v) is 4.17. The first-order valence-corrected chi connectivity index (χ1v) is 11.3. The summed E-state index contributed by atoms with van der Waals surface area (Å²) < 4.78 is 7.46. The van der Waals surface area contributed by atoms with Gasteiger partial charge in [-0.2, -0.15) is 0 Å². The Labute approximate surface area is 192 Å². The molecule has 5 rings (SSSR count). The van der Waals surface area contributed by atoms with Crippen LogP contribution in [0.1, 0.15) is 46.9 Å². The summed E-state index contributed by atoms with van der Waals surface area (Å²) in [6, 6.07) is 12.9. The van der Waals surface area contributed by atoms with Gasteiger partial charge >= 0.3 is 0 Å². The summed E-state index contributed by atoms with van der Waals surface area (Å²) in [4.78, 5) is 37.0. The zero-order valence-corrected chi connectivity index (χ0v) is 18.6. The molecule has 0 bridgehead atoms. The number of anilines is 1. The van der Waals surface area contributed by atoms with Crippen LogP contribution >= 0.6 is 0 Å². The van der Waals surface area contributed by atoms with Gasteiger partial charge in [-0.15, -0.1) is 0 Å². The molecule has 3 aromatic rings. The number of carbonyl (C=O) groups excluding carboxylic acids is 1. The van der Waals surface area contributed by atoms with Crippen molar-refractivity contribution >= 4 is 11.9 Å². The Kier molecular flexibility index (Phi) is 5.81. The molecule has 0 radical (unpaired) electrons. The monoisotopic (exact) mass is 445 g/mol. The first-order chi connectivity index (χ1) is 16.1. The number of hydrogen-bond donors (Lipinski definition) is 1. The number of nitrogens with one attached hydrogen (secondary N) is 1. The Hall–Kier alpha value is -3.68. The fraction of sp³-hybridized carbons (Fsp3) is 0.360. The van der Waals surface area contributed by atoms with Crippen molar-refractivity contribution in [2.75, 3.05) is 18.0 Å². The number of pyridine rings is 1. The third kappa shape index (κ3) is 4.74. The van der Waals surface area contributed by atoms with Gasteiger partial charge in [-0.25, -0.2) is 9.97 Å². The smallest absolute Gasteiger partial charge is 0.272 e. The Morgan fingerprint density at radius 1 is 1.15 bits per heavy atom. The van der Waals surface area contributed by atoms with Crippen LogP contribution in [0, 0.1) is 0 Å². The molecule has 1 aliphatic heterocycles. The zero-order chi connectivity index (χ0) is 22.8. The molecule has 3 heterocycles. The molecule has 1 saturated carbocycles. The van der Waals surface area contributed by atoms with E-state index in [0.717, 1.165) is 30.2 Å². The highest BCUT2D eigenvalue weighted by atomic mass is 16.5. The summed E-state index contributed by atoms with van der Waals surface area (Å²) in [7, 11) is 1.74. The summed E-state index contributed by atoms with van der Waals surface area (Å²) in [6.45, 7) is 1.61. The van der Waals surface area contributed by atoms with Crippen LogP contribution in [0.3, 0.4) is 0 Å².